The first-order valence-corrected chi connectivity index (χ1v) is 10.7. The summed E-state index contributed by atoms with van der Waals surface area (Å²) in [5.74, 6) is -1.13. The second kappa shape index (κ2) is 8.98. The molecule has 0 spiro atoms. The van der Waals surface area contributed by atoms with E-state index >= 15 is 0 Å². The van der Waals surface area contributed by atoms with Crippen molar-refractivity contribution in [2.45, 2.75) is 12.5 Å². The molecule has 1 aliphatic heterocycles. The number of para-hydroxylation sites is 1. The summed E-state index contributed by atoms with van der Waals surface area (Å²) in [4.78, 5) is 17.1. The average molecular weight is 438 g/mol. The fraction of sp³-hybridized carbons (Fsp3) is 0.240. The highest BCUT2D eigenvalue weighted by Gasteiger charge is 2.28. The highest BCUT2D eigenvalue weighted by Crippen LogP contribution is 2.35. The lowest BCUT2D eigenvalue weighted by Gasteiger charge is -2.31. The molecule has 6 heteroatoms. The quantitative estimate of drug-likeness (QED) is 0.584. The topological polar surface area (TPSA) is 35.6 Å². The molecular weight excluding hydrogens is 413 g/mol. The maximum atomic E-state index is 14.2. The van der Waals surface area contributed by atoms with Gasteiger partial charge in [-0.25, -0.2) is 4.39 Å². The van der Waals surface area contributed by atoms with Crippen molar-refractivity contribution in [3.63, 3.8) is 0 Å². The summed E-state index contributed by atoms with van der Waals surface area (Å²) < 4.78 is 14.2. The van der Waals surface area contributed by atoms with Gasteiger partial charge >= 0.3 is 0 Å². The minimum Gasteiger partial charge on any atom is -0.378 e. The normalized spacial score (nSPS) is 13.6. The number of rotatable bonds is 6. The van der Waals surface area contributed by atoms with Gasteiger partial charge in [0.1, 0.15) is 5.82 Å². The summed E-state index contributed by atoms with van der Waals surface area (Å²) in [7, 11) is 4.00. The van der Waals surface area contributed by atoms with Crippen LogP contribution in [0.1, 0.15) is 27.5 Å². The molecule has 3 aromatic carbocycles. The predicted octanol–water partition coefficient (Wildman–Crippen LogP) is 5.08. The van der Waals surface area contributed by atoms with Gasteiger partial charge in [-0.05, 0) is 47.9 Å². The van der Waals surface area contributed by atoms with Gasteiger partial charge in [-0.1, -0.05) is 48.0 Å². The SMILES string of the molecule is CN(C)c1ccc([C@H](CNC(=O)c2c(F)cccc2Cl)N2CCc3ccccc32)cc1. The minimum atomic E-state index is -0.622. The Balaban J connectivity index is 1.62. The number of carbonyl (C=O) groups is 1. The molecule has 160 valence electrons. The number of benzene rings is 3. The van der Waals surface area contributed by atoms with E-state index in [1.165, 1.54) is 29.4 Å². The van der Waals surface area contributed by atoms with Crippen LogP contribution >= 0.6 is 11.6 Å². The van der Waals surface area contributed by atoms with Crippen molar-refractivity contribution < 1.29 is 9.18 Å². The van der Waals surface area contributed by atoms with Crippen LogP contribution < -0.4 is 15.1 Å². The van der Waals surface area contributed by atoms with E-state index in [1.807, 2.05) is 31.1 Å². The predicted molar refractivity (Wildman–Crippen MR) is 125 cm³/mol. The first-order chi connectivity index (χ1) is 15.0. The molecule has 4 rings (SSSR count). The van der Waals surface area contributed by atoms with Gasteiger partial charge in [0.2, 0.25) is 0 Å². The summed E-state index contributed by atoms with van der Waals surface area (Å²) in [5, 5.41) is 3.02. The maximum Gasteiger partial charge on any atom is 0.255 e. The first-order valence-electron chi connectivity index (χ1n) is 10.3. The molecule has 0 unspecified atom stereocenters. The Morgan fingerprint density at radius 2 is 1.84 bits per heavy atom. The van der Waals surface area contributed by atoms with Crippen molar-refractivity contribution in [1.29, 1.82) is 0 Å². The van der Waals surface area contributed by atoms with Crippen LogP contribution in [-0.2, 0) is 6.42 Å². The molecule has 1 aliphatic rings. The van der Waals surface area contributed by atoms with Crippen LogP contribution in [0.15, 0.2) is 66.7 Å². The zero-order chi connectivity index (χ0) is 22.0. The Morgan fingerprint density at radius 3 is 2.55 bits per heavy atom. The van der Waals surface area contributed by atoms with Gasteiger partial charge in [0.25, 0.3) is 5.91 Å². The smallest absolute Gasteiger partial charge is 0.255 e. The Hall–Kier alpha value is -3.05. The minimum absolute atomic E-state index is 0.0886. The van der Waals surface area contributed by atoms with Crippen molar-refractivity contribution in [2.75, 3.05) is 37.0 Å². The van der Waals surface area contributed by atoms with E-state index in [2.05, 4.69) is 46.6 Å². The molecule has 0 fully saturated rings. The summed E-state index contributed by atoms with van der Waals surface area (Å²) in [6.45, 7) is 1.19. The fourth-order valence-electron chi connectivity index (χ4n) is 4.08. The Morgan fingerprint density at radius 1 is 1.10 bits per heavy atom. The van der Waals surface area contributed by atoms with Crippen LogP contribution in [0, 0.1) is 5.82 Å². The van der Waals surface area contributed by atoms with E-state index in [9.17, 15) is 9.18 Å². The van der Waals surface area contributed by atoms with E-state index in [4.69, 9.17) is 11.6 Å². The first kappa shape index (κ1) is 21.2. The van der Waals surface area contributed by atoms with Gasteiger partial charge in [-0.2, -0.15) is 0 Å². The van der Waals surface area contributed by atoms with Gasteiger partial charge in [-0.3, -0.25) is 4.79 Å². The molecule has 0 saturated carbocycles. The van der Waals surface area contributed by atoms with Gasteiger partial charge in [-0.15, -0.1) is 0 Å². The van der Waals surface area contributed by atoms with E-state index in [0.717, 1.165) is 24.2 Å². The number of fused-ring (bicyclic) bond motifs is 1. The van der Waals surface area contributed by atoms with Crippen molar-refractivity contribution in [2.24, 2.45) is 0 Å². The molecule has 31 heavy (non-hydrogen) atoms. The number of amides is 1. The maximum absolute atomic E-state index is 14.2. The van der Waals surface area contributed by atoms with Crippen molar-refractivity contribution >= 4 is 28.9 Å². The number of halogens is 2. The highest BCUT2D eigenvalue weighted by molar-refractivity contribution is 6.33. The molecule has 1 heterocycles. The number of carbonyl (C=O) groups excluding carboxylic acids is 1. The van der Waals surface area contributed by atoms with E-state index in [1.54, 1.807) is 0 Å². The molecule has 0 bridgehead atoms. The van der Waals surface area contributed by atoms with Crippen molar-refractivity contribution in [3.8, 4) is 0 Å². The zero-order valence-electron chi connectivity index (χ0n) is 17.6. The lowest BCUT2D eigenvalue weighted by molar-refractivity contribution is 0.0947. The van der Waals surface area contributed by atoms with Gasteiger partial charge < -0.3 is 15.1 Å². The van der Waals surface area contributed by atoms with Crippen LogP contribution in [0.2, 0.25) is 5.02 Å². The number of nitrogens with one attached hydrogen (secondary N) is 1. The molecule has 0 saturated heterocycles. The number of hydrogen-bond acceptors (Lipinski definition) is 3. The Kier molecular flexibility index (Phi) is 6.14. The standard InChI is InChI=1S/C25H25ClFN3O/c1-29(2)19-12-10-18(11-13-19)23(30-15-14-17-6-3-4-9-22(17)30)16-28-25(31)24-20(26)7-5-8-21(24)27/h3-13,23H,14-16H2,1-2H3,(H,28,31)/t23-/m0/s1. The largest absolute Gasteiger partial charge is 0.378 e. The molecule has 4 nitrogen and oxygen atoms in total. The van der Waals surface area contributed by atoms with Crippen LogP contribution in [0.3, 0.4) is 0 Å². The van der Waals surface area contributed by atoms with Gasteiger partial charge in [0, 0.05) is 38.6 Å². The van der Waals surface area contributed by atoms with Crippen LogP contribution in [0.25, 0.3) is 0 Å². The number of anilines is 2. The fourth-order valence-corrected chi connectivity index (χ4v) is 4.33. The summed E-state index contributed by atoms with van der Waals surface area (Å²) in [6.07, 6.45) is 0.954. The summed E-state index contributed by atoms with van der Waals surface area (Å²) in [5.41, 5.74) is 4.53. The average Bonchev–Trinajstić information content (AvgIpc) is 3.18. The molecular formula is C25H25ClFN3O. The third-order valence-corrected chi connectivity index (χ3v) is 6.05. The number of nitrogens with zero attached hydrogens (tertiary/aromatic N) is 2. The van der Waals surface area contributed by atoms with Gasteiger partial charge in [0.05, 0.1) is 16.6 Å². The van der Waals surface area contributed by atoms with Crippen LogP contribution in [-0.4, -0.2) is 33.1 Å². The third-order valence-electron chi connectivity index (χ3n) is 5.74. The van der Waals surface area contributed by atoms with E-state index in [0.29, 0.717) is 6.54 Å². The lowest BCUT2D eigenvalue weighted by atomic mass is 10.0. The summed E-state index contributed by atoms with van der Waals surface area (Å²) in [6, 6.07) is 20.8. The third kappa shape index (κ3) is 4.37. The van der Waals surface area contributed by atoms with Crippen molar-refractivity contribution in [1.82, 2.24) is 5.32 Å². The molecule has 1 N–H and O–H groups in total. The molecule has 1 amide bonds. The second-order valence-electron chi connectivity index (χ2n) is 7.88. The van der Waals surface area contributed by atoms with Gasteiger partial charge in [0.15, 0.2) is 0 Å². The van der Waals surface area contributed by atoms with Crippen LogP contribution in [0.5, 0.6) is 0 Å². The lowest BCUT2D eigenvalue weighted by Crippen LogP contribution is -2.37. The molecule has 0 radical (unpaired) electrons. The monoisotopic (exact) mass is 437 g/mol. The summed E-state index contributed by atoms with van der Waals surface area (Å²) >= 11 is 6.08. The molecule has 3 aromatic rings. The van der Waals surface area contributed by atoms with E-state index in [-0.39, 0.29) is 16.6 Å². The van der Waals surface area contributed by atoms with E-state index < -0.39 is 11.7 Å². The van der Waals surface area contributed by atoms with Crippen molar-refractivity contribution in [3.05, 3.63) is 94.3 Å². The second-order valence-corrected chi connectivity index (χ2v) is 8.29. The Bertz CT molecular complexity index is 1060. The molecule has 1 atom stereocenters. The Labute approximate surface area is 187 Å². The molecule has 0 aliphatic carbocycles. The molecule has 0 aromatic heterocycles. The number of hydrogen-bond donors (Lipinski definition) is 1. The van der Waals surface area contributed by atoms with Crippen LogP contribution in [0.4, 0.5) is 15.8 Å². The highest BCUT2D eigenvalue weighted by atomic mass is 35.5. The zero-order valence-corrected chi connectivity index (χ0v) is 18.4.